The van der Waals surface area contributed by atoms with Crippen LogP contribution >= 0.6 is 0 Å². The van der Waals surface area contributed by atoms with Crippen LogP contribution in [0.2, 0.25) is 0 Å². The van der Waals surface area contributed by atoms with Gasteiger partial charge in [-0.05, 0) is 31.5 Å². The van der Waals surface area contributed by atoms with Crippen molar-refractivity contribution in [3.05, 3.63) is 29.6 Å². The van der Waals surface area contributed by atoms with Gasteiger partial charge in [-0.1, -0.05) is 6.07 Å². The molecule has 0 aliphatic carbocycles. The minimum absolute atomic E-state index is 0.114. The van der Waals surface area contributed by atoms with Crippen molar-refractivity contribution in [1.29, 1.82) is 0 Å². The zero-order valence-corrected chi connectivity index (χ0v) is 10.7. The lowest BCUT2D eigenvalue weighted by molar-refractivity contribution is -0.142. The number of carbonyl (C=O) groups excluding carboxylic acids is 1. The number of hydrogen-bond donors (Lipinski definition) is 1. The molecule has 0 radical (unpaired) electrons. The molecule has 0 fully saturated rings. The van der Waals surface area contributed by atoms with Crippen molar-refractivity contribution < 1.29 is 18.7 Å². The van der Waals surface area contributed by atoms with Crippen molar-refractivity contribution in [2.75, 3.05) is 19.8 Å². The van der Waals surface area contributed by atoms with E-state index in [-0.39, 0.29) is 18.3 Å². The molecule has 5 heteroatoms. The highest BCUT2D eigenvalue weighted by Gasteiger charge is 2.05. The summed E-state index contributed by atoms with van der Waals surface area (Å²) in [5.41, 5.74) is 0.750. The number of hydrogen-bond acceptors (Lipinski definition) is 4. The van der Waals surface area contributed by atoms with Gasteiger partial charge >= 0.3 is 5.97 Å². The molecule has 1 N–H and O–H groups in total. The van der Waals surface area contributed by atoms with Crippen LogP contribution in [0.1, 0.15) is 19.4 Å². The van der Waals surface area contributed by atoms with Crippen molar-refractivity contribution in [2.45, 2.75) is 20.4 Å². The second kappa shape index (κ2) is 7.66. The second-order valence-electron chi connectivity index (χ2n) is 3.61. The molecular formula is C13H18FNO3. The summed E-state index contributed by atoms with van der Waals surface area (Å²) < 4.78 is 23.4. The van der Waals surface area contributed by atoms with Crippen molar-refractivity contribution in [3.63, 3.8) is 0 Å². The summed E-state index contributed by atoms with van der Waals surface area (Å²) >= 11 is 0. The fraction of sp³-hybridized carbons (Fsp3) is 0.462. The van der Waals surface area contributed by atoms with E-state index in [0.29, 0.717) is 19.8 Å². The lowest BCUT2D eigenvalue weighted by Crippen LogP contribution is -2.24. The third-order valence-corrected chi connectivity index (χ3v) is 2.20. The molecule has 1 aromatic rings. The van der Waals surface area contributed by atoms with Gasteiger partial charge in [0.05, 0.1) is 19.8 Å². The van der Waals surface area contributed by atoms with Gasteiger partial charge in [-0.25, -0.2) is 4.39 Å². The minimum atomic E-state index is -0.396. The average molecular weight is 255 g/mol. The molecule has 1 rings (SSSR count). The molecule has 1 aromatic carbocycles. The topological polar surface area (TPSA) is 47.6 Å². The molecule has 0 bridgehead atoms. The minimum Gasteiger partial charge on any atom is -0.491 e. The van der Waals surface area contributed by atoms with Gasteiger partial charge in [-0.3, -0.25) is 4.79 Å². The van der Waals surface area contributed by atoms with E-state index >= 15 is 0 Å². The highest BCUT2D eigenvalue weighted by Crippen LogP contribution is 2.18. The smallest absolute Gasteiger partial charge is 0.319 e. The van der Waals surface area contributed by atoms with Crippen molar-refractivity contribution in [2.24, 2.45) is 0 Å². The third-order valence-electron chi connectivity index (χ3n) is 2.20. The highest BCUT2D eigenvalue weighted by atomic mass is 19.1. The van der Waals surface area contributed by atoms with Crippen LogP contribution in [-0.4, -0.2) is 25.7 Å². The molecule has 0 aliphatic rings. The molecule has 100 valence electrons. The second-order valence-corrected chi connectivity index (χ2v) is 3.61. The van der Waals surface area contributed by atoms with Gasteiger partial charge in [-0.15, -0.1) is 0 Å². The number of rotatable bonds is 7. The van der Waals surface area contributed by atoms with E-state index in [1.165, 1.54) is 6.07 Å². The normalized spacial score (nSPS) is 10.2. The van der Waals surface area contributed by atoms with Crippen LogP contribution in [0.5, 0.6) is 5.75 Å². The fourth-order valence-electron chi connectivity index (χ4n) is 1.45. The van der Waals surface area contributed by atoms with Gasteiger partial charge in [0.2, 0.25) is 0 Å². The zero-order chi connectivity index (χ0) is 13.4. The van der Waals surface area contributed by atoms with Crippen molar-refractivity contribution in [3.8, 4) is 5.75 Å². The van der Waals surface area contributed by atoms with E-state index in [1.807, 2.05) is 0 Å². The zero-order valence-electron chi connectivity index (χ0n) is 10.7. The van der Waals surface area contributed by atoms with E-state index in [1.54, 1.807) is 26.0 Å². The molecule has 0 aliphatic heterocycles. The number of esters is 1. The Hall–Kier alpha value is -1.62. The number of benzene rings is 1. The van der Waals surface area contributed by atoms with Crippen LogP contribution in [-0.2, 0) is 16.1 Å². The standard InChI is InChI=1S/C13H18FNO3/c1-3-17-12-6-5-10(7-11(12)14)8-15-9-13(16)18-4-2/h5-7,15H,3-4,8-9H2,1-2H3. The molecule has 0 saturated heterocycles. The Morgan fingerprint density at radius 1 is 1.33 bits per heavy atom. The van der Waals surface area contributed by atoms with Gasteiger partial charge in [-0.2, -0.15) is 0 Å². The van der Waals surface area contributed by atoms with Crippen LogP contribution in [0.25, 0.3) is 0 Å². The number of nitrogens with one attached hydrogen (secondary N) is 1. The average Bonchev–Trinajstić information content (AvgIpc) is 2.33. The van der Waals surface area contributed by atoms with E-state index in [2.05, 4.69) is 5.32 Å². The predicted molar refractivity (Wildman–Crippen MR) is 65.9 cm³/mol. The van der Waals surface area contributed by atoms with Crippen molar-refractivity contribution >= 4 is 5.97 Å². The first kappa shape index (κ1) is 14.4. The van der Waals surface area contributed by atoms with Crippen LogP contribution in [0.15, 0.2) is 18.2 Å². The molecule has 0 atom stereocenters. The SMILES string of the molecule is CCOC(=O)CNCc1ccc(OCC)c(F)c1. The number of ether oxygens (including phenoxy) is 2. The van der Waals surface area contributed by atoms with Crippen LogP contribution in [0, 0.1) is 5.82 Å². The molecule has 18 heavy (non-hydrogen) atoms. The molecular weight excluding hydrogens is 237 g/mol. The summed E-state index contributed by atoms with van der Waals surface area (Å²) in [6, 6.07) is 4.73. The summed E-state index contributed by atoms with van der Waals surface area (Å²) in [5.74, 6) is -0.470. The Kier molecular flexibility index (Phi) is 6.14. The molecule has 0 spiro atoms. The van der Waals surface area contributed by atoms with E-state index in [0.717, 1.165) is 5.56 Å². The first-order valence-electron chi connectivity index (χ1n) is 5.95. The van der Waals surface area contributed by atoms with E-state index < -0.39 is 5.82 Å². The Labute approximate surface area is 106 Å². The van der Waals surface area contributed by atoms with Crippen LogP contribution in [0.3, 0.4) is 0 Å². The Bertz CT molecular complexity index is 396. The van der Waals surface area contributed by atoms with Gasteiger partial charge < -0.3 is 14.8 Å². The summed E-state index contributed by atoms with van der Waals surface area (Å²) in [7, 11) is 0. The Morgan fingerprint density at radius 3 is 2.72 bits per heavy atom. The maximum atomic E-state index is 13.5. The van der Waals surface area contributed by atoms with Crippen LogP contribution < -0.4 is 10.1 Å². The molecule has 0 saturated carbocycles. The lowest BCUT2D eigenvalue weighted by atomic mass is 10.2. The molecule has 0 unspecified atom stereocenters. The number of carbonyl (C=O) groups is 1. The quantitative estimate of drug-likeness (QED) is 0.756. The van der Waals surface area contributed by atoms with E-state index in [4.69, 9.17) is 9.47 Å². The van der Waals surface area contributed by atoms with E-state index in [9.17, 15) is 9.18 Å². The third kappa shape index (κ3) is 4.71. The monoisotopic (exact) mass is 255 g/mol. The van der Waals surface area contributed by atoms with Gasteiger partial charge in [0.1, 0.15) is 0 Å². The maximum Gasteiger partial charge on any atom is 0.319 e. The molecule has 0 amide bonds. The predicted octanol–water partition coefficient (Wildman–Crippen LogP) is 1.88. The molecule has 4 nitrogen and oxygen atoms in total. The molecule has 0 heterocycles. The summed E-state index contributed by atoms with van der Waals surface area (Å²) in [6.45, 7) is 4.86. The van der Waals surface area contributed by atoms with Crippen molar-refractivity contribution in [1.82, 2.24) is 5.32 Å². The highest BCUT2D eigenvalue weighted by molar-refractivity contribution is 5.71. The summed E-state index contributed by atoms with van der Waals surface area (Å²) in [6.07, 6.45) is 0. The maximum absolute atomic E-state index is 13.5. The largest absolute Gasteiger partial charge is 0.491 e. The molecule has 0 aromatic heterocycles. The Balaban J connectivity index is 2.43. The first-order chi connectivity index (χ1) is 8.67. The fourth-order valence-corrected chi connectivity index (χ4v) is 1.45. The van der Waals surface area contributed by atoms with Crippen LogP contribution in [0.4, 0.5) is 4.39 Å². The van der Waals surface area contributed by atoms with Gasteiger partial charge in [0, 0.05) is 6.54 Å². The van der Waals surface area contributed by atoms with Gasteiger partial charge in [0.15, 0.2) is 11.6 Å². The number of halogens is 1. The summed E-state index contributed by atoms with van der Waals surface area (Å²) in [5, 5.41) is 2.88. The lowest BCUT2D eigenvalue weighted by Gasteiger charge is -2.08. The Morgan fingerprint density at radius 2 is 2.11 bits per heavy atom. The first-order valence-corrected chi connectivity index (χ1v) is 5.95. The van der Waals surface area contributed by atoms with Gasteiger partial charge in [0.25, 0.3) is 0 Å². The summed E-state index contributed by atoms with van der Waals surface area (Å²) in [4.78, 5) is 11.1.